The van der Waals surface area contributed by atoms with Gasteiger partial charge in [-0.15, -0.1) is 11.3 Å². The summed E-state index contributed by atoms with van der Waals surface area (Å²) in [5.41, 5.74) is 9.31. The molecular formula is C18H18N4OS. The molecule has 0 saturated heterocycles. The van der Waals surface area contributed by atoms with Crippen LogP contribution in [0.1, 0.15) is 28.0 Å². The molecule has 0 bridgehead atoms. The highest BCUT2D eigenvalue weighted by Crippen LogP contribution is 2.22. The Labute approximate surface area is 144 Å². The number of rotatable bonds is 5. The molecule has 1 amide bonds. The first-order valence-corrected chi connectivity index (χ1v) is 8.51. The van der Waals surface area contributed by atoms with Crippen LogP contribution in [0.4, 0.5) is 5.00 Å². The lowest BCUT2D eigenvalue weighted by atomic mass is 10.0. The van der Waals surface area contributed by atoms with Gasteiger partial charge in [0.1, 0.15) is 5.00 Å². The Hall–Kier alpha value is -2.73. The van der Waals surface area contributed by atoms with E-state index in [-0.39, 0.29) is 5.91 Å². The minimum absolute atomic E-state index is 0.241. The van der Waals surface area contributed by atoms with E-state index in [9.17, 15) is 4.79 Å². The van der Waals surface area contributed by atoms with Crippen molar-refractivity contribution in [2.75, 3.05) is 5.73 Å². The van der Waals surface area contributed by atoms with E-state index in [1.54, 1.807) is 6.20 Å². The third kappa shape index (κ3) is 3.60. The maximum atomic E-state index is 12.3. The summed E-state index contributed by atoms with van der Waals surface area (Å²) in [6, 6.07) is 11.9. The maximum absolute atomic E-state index is 12.3. The number of carbonyl (C=O) groups is 1. The van der Waals surface area contributed by atoms with Gasteiger partial charge in [-0.1, -0.05) is 31.2 Å². The summed E-state index contributed by atoms with van der Waals surface area (Å²) in [4.78, 5) is 20.7. The predicted molar refractivity (Wildman–Crippen MR) is 96.7 cm³/mol. The molecule has 1 aromatic carbocycles. The molecule has 0 unspecified atom stereocenters. The minimum Gasteiger partial charge on any atom is -0.389 e. The Balaban J connectivity index is 1.70. The molecule has 0 atom stereocenters. The number of amides is 1. The Bertz CT molecular complexity index is 845. The van der Waals surface area contributed by atoms with Crippen LogP contribution >= 0.6 is 11.3 Å². The van der Waals surface area contributed by atoms with E-state index in [2.05, 4.69) is 15.3 Å². The fourth-order valence-corrected chi connectivity index (χ4v) is 3.12. The van der Waals surface area contributed by atoms with E-state index in [1.165, 1.54) is 11.3 Å². The SMILES string of the molecule is CCc1nc(C(=O)NCc2cccc(-c3cccnc3)c2)c(N)s1. The van der Waals surface area contributed by atoms with Gasteiger partial charge in [-0.3, -0.25) is 9.78 Å². The van der Waals surface area contributed by atoms with Crippen LogP contribution in [0, 0.1) is 0 Å². The van der Waals surface area contributed by atoms with E-state index in [4.69, 9.17) is 5.73 Å². The first-order chi connectivity index (χ1) is 11.7. The van der Waals surface area contributed by atoms with Crippen molar-refractivity contribution in [2.24, 2.45) is 0 Å². The molecule has 0 fully saturated rings. The highest BCUT2D eigenvalue weighted by molar-refractivity contribution is 7.15. The molecule has 24 heavy (non-hydrogen) atoms. The van der Waals surface area contributed by atoms with E-state index in [0.29, 0.717) is 17.2 Å². The second kappa shape index (κ2) is 7.23. The van der Waals surface area contributed by atoms with Gasteiger partial charge >= 0.3 is 0 Å². The number of nitrogens with zero attached hydrogens (tertiary/aromatic N) is 2. The summed E-state index contributed by atoms with van der Waals surface area (Å²) in [7, 11) is 0. The van der Waals surface area contributed by atoms with Gasteiger partial charge in [-0.05, 0) is 35.2 Å². The van der Waals surface area contributed by atoms with Crippen LogP contribution in [-0.4, -0.2) is 15.9 Å². The predicted octanol–water partition coefficient (Wildman–Crippen LogP) is 3.28. The smallest absolute Gasteiger partial charge is 0.273 e. The van der Waals surface area contributed by atoms with Gasteiger partial charge in [0.2, 0.25) is 0 Å². The van der Waals surface area contributed by atoms with Gasteiger partial charge in [-0.2, -0.15) is 0 Å². The number of nitrogen functional groups attached to an aromatic ring is 1. The number of thiazole rings is 1. The molecule has 2 aromatic heterocycles. The highest BCUT2D eigenvalue weighted by Gasteiger charge is 2.15. The zero-order valence-electron chi connectivity index (χ0n) is 13.3. The maximum Gasteiger partial charge on any atom is 0.273 e. The zero-order chi connectivity index (χ0) is 16.9. The number of anilines is 1. The summed E-state index contributed by atoms with van der Waals surface area (Å²) >= 11 is 1.36. The molecule has 6 heteroatoms. The summed E-state index contributed by atoms with van der Waals surface area (Å²) in [6.07, 6.45) is 4.34. The van der Waals surface area contributed by atoms with Crippen molar-refractivity contribution in [2.45, 2.75) is 19.9 Å². The number of carbonyl (C=O) groups excluding carboxylic acids is 1. The lowest BCUT2D eigenvalue weighted by Gasteiger charge is -2.07. The number of nitrogens with one attached hydrogen (secondary N) is 1. The standard InChI is InChI=1S/C18H18N4OS/c1-2-15-22-16(17(19)24-15)18(23)21-10-12-5-3-6-13(9-12)14-7-4-8-20-11-14/h3-9,11H,2,10,19H2,1H3,(H,21,23). The third-order valence-corrected chi connectivity index (χ3v) is 4.62. The first kappa shape index (κ1) is 16.1. The Kier molecular flexibility index (Phi) is 4.86. The van der Waals surface area contributed by atoms with Crippen molar-refractivity contribution < 1.29 is 4.79 Å². The second-order valence-corrected chi connectivity index (χ2v) is 6.41. The average molecular weight is 338 g/mol. The average Bonchev–Trinajstić information content (AvgIpc) is 3.02. The van der Waals surface area contributed by atoms with Crippen molar-refractivity contribution in [3.05, 3.63) is 65.1 Å². The number of pyridine rings is 1. The minimum atomic E-state index is -0.241. The molecule has 0 saturated carbocycles. The summed E-state index contributed by atoms with van der Waals surface area (Å²) in [6.45, 7) is 2.41. The monoisotopic (exact) mass is 338 g/mol. The summed E-state index contributed by atoms with van der Waals surface area (Å²) in [5.74, 6) is -0.241. The van der Waals surface area contributed by atoms with E-state index in [1.807, 2.05) is 49.5 Å². The van der Waals surface area contributed by atoms with Crippen molar-refractivity contribution in [1.82, 2.24) is 15.3 Å². The Morgan fingerprint density at radius 1 is 1.25 bits per heavy atom. The number of aryl methyl sites for hydroxylation is 1. The van der Waals surface area contributed by atoms with E-state index < -0.39 is 0 Å². The topological polar surface area (TPSA) is 80.9 Å². The lowest BCUT2D eigenvalue weighted by molar-refractivity contribution is 0.0947. The molecule has 0 aliphatic heterocycles. The number of hydrogen-bond donors (Lipinski definition) is 2. The van der Waals surface area contributed by atoms with Gasteiger partial charge < -0.3 is 11.1 Å². The molecule has 5 nitrogen and oxygen atoms in total. The fourth-order valence-electron chi connectivity index (χ4n) is 2.35. The molecule has 0 aliphatic carbocycles. The van der Waals surface area contributed by atoms with Crippen LogP contribution in [-0.2, 0) is 13.0 Å². The van der Waals surface area contributed by atoms with Crippen LogP contribution in [0.2, 0.25) is 0 Å². The molecule has 0 aliphatic rings. The number of hydrogen-bond acceptors (Lipinski definition) is 5. The molecule has 0 radical (unpaired) electrons. The quantitative estimate of drug-likeness (QED) is 0.748. The number of nitrogens with two attached hydrogens (primary N) is 1. The van der Waals surface area contributed by atoms with Gasteiger partial charge in [0.05, 0.1) is 5.01 Å². The first-order valence-electron chi connectivity index (χ1n) is 7.70. The van der Waals surface area contributed by atoms with Crippen molar-refractivity contribution in [3.63, 3.8) is 0 Å². The van der Waals surface area contributed by atoms with E-state index in [0.717, 1.165) is 28.1 Å². The van der Waals surface area contributed by atoms with Gasteiger partial charge in [0.25, 0.3) is 5.91 Å². The van der Waals surface area contributed by atoms with Gasteiger partial charge in [0.15, 0.2) is 5.69 Å². The Morgan fingerprint density at radius 2 is 2.08 bits per heavy atom. The largest absolute Gasteiger partial charge is 0.389 e. The van der Waals surface area contributed by atoms with Crippen molar-refractivity contribution >= 4 is 22.2 Å². The molecule has 0 spiro atoms. The Morgan fingerprint density at radius 3 is 2.79 bits per heavy atom. The second-order valence-electron chi connectivity index (χ2n) is 5.30. The zero-order valence-corrected chi connectivity index (χ0v) is 14.1. The van der Waals surface area contributed by atoms with Crippen LogP contribution in [0.25, 0.3) is 11.1 Å². The van der Waals surface area contributed by atoms with Crippen LogP contribution < -0.4 is 11.1 Å². The number of aromatic nitrogens is 2. The third-order valence-electron chi connectivity index (χ3n) is 3.59. The molecule has 2 heterocycles. The summed E-state index contributed by atoms with van der Waals surface area (Å²) in [5, 5.41) is 4.22. The molecule has 3 rings (SSSR count). The highest BCUT2D eigenvalue weighted by atomic mass is 32.1. The molecule has 122 valence electrons. The van der Waals surface area contributed by atoms with Crippen LogP contribution in [0.15, 0.2) is 48.8 Å². The number of benzene rings is 1. The fraction of sp³-hybridized carbons (Fsp3) is 0.167. The summed E-state index contributed by atoms with van der Waals surface area (Å²) < 4.78 is 0. The molecular weight excluding hydrogens is 320 g/mol. The lowest BCUT2D eigenvalue weighted by Crippen LogP contribution is -2.24. The van der Waals surface area contributed by atoms with Crippen LogP contribution in [0.3, 0.4) is 0 Å². The van der Waals surface area contributed by atoms with Gasteiger partial charge in [0, 0.05) is 18.9 Å². The van der Waals surface area contributed by atoms with Crippen molar-refractivity contribution in [3.8, 4) is 11.1 Å². The van der Waals surface area contributed by atoms with Crippen molar-refractivity contribution in [1.29, 1.82) is 0 Å². The normalized spacial score (nSPS) is 10.5. The van der Waals surface area contributed by atoms with E-state index >= 15 is 0 Å². The van der Waals surface area contributed by atoms with Crippen LogP contribution in [0.5, 0.6) is 0 Å². The molecule has 3 aromatic rings. The van der Waals surface area contributed by atoms with Gasteiger partial charge in [-0.25, -0.2) is 4.98 Å². The molecule has 3 N–H and O–H groups in total.